The molecular weight excluding hydrogens is 300 g/mol. The number of nitrogens with two attached hydrogens (primary N) is 1. The van der Waals surface area contributed by atoms with E-state index >= 15 is 0 Å². The third-order valence-electron chi connectivity index (χ3n) is 4.78. The molecule has 0 bridgehead atoms. The molecule has 2 N–H and O–H groups in total. The van der Waals surface area contributed by atoms with Crippen LogP contribution in [-0.4, -0.2) is 44.8 Å². The van der Waals surface area contributed by atoms with Crippen LogP contribution in [0.1, 0.15) is 11.5 Å². The molecule has 0 spiro atoms. The average Bonchev–Trinajstić information content (AvgIpc) is 3.06. The number of para-hydroxylation sites is 2. The smallest absolute Gasteiger partial charge is 0.161 e. The summed E-state index contributed by atoms with van der Waals surface area (Å²) in [7, 11) is 1.67. The largest absolute Gasteiger partial charge is 0.493 e. The quantitative estimate of drug-likeness (QED) is 0.850. The number of ether oxygens (including phenoxy) is 2. The van der Waals surface area contributed by atoms with Gasteiger partial charge in [0, 0.05) is 25.6 Å². The standard InChI is InChI=1S/C20H26N2O2/c1-23-19-9-5-6-10-20(19)24-12-11-22-14-17(13-21)18(15-22)16-7-3-2-4-8-16/h2-10,17-18H,11-15,21H2,1H3/t17-,18+/m1/s1. The number of likely N-dealkylation sites (tertiary alicyclic amines) is 1. The molecule has 1 aliphatic rings. The van der Waals surface area contributed by atoms with Gasteiger partial charge in [-0.15, -0.1) is 0 Å². The van der Waals surface area contributed by atoms with Crippen LogP contribution in [0.4, 0.5) is 0 Å². The Kier molecular flexibility index (Phi) is 5.72. The monoisotopic (exact) mass is 326 g/mol. The molecule has 4 heteroatoms. The molecule has 0 saturated carbocycles. The van der Waals surface area contributed by atoms with Gasteiger partial charge in [0.05, 0.1) is 7.11 Å². The highest BCUT2D eigenvalue weighted by molar-refractivity contribution is 5.39. The van der Waals surface area contributed by atoms with Crippen molar-refractivity contribution >= 4 is 0 Å². The fourth-order valence-electron chi connectivity index (χ4n) is 3.48. The van der Waals surface area contributed by atoms with Crippen molar-refractivity contribution in [2.45, 2.75) is 5.92 Å². The Balaban J connectivity index is 1.55. The minimum Gasteiger partial charge on any atom is -0.493 e. The van der Waals surface area contributed by atoms with Crippen LogP contribution in [0.15, 0.2) is 54.6 Å². The maximum absolute atomic E-state index is 6.01. The molecule has 0 aromatic heterocycles. The molecule has 1 aliphatic heterocycles. The van der Waals surface area contributed by atoms with Crippen molar-refractivity contribution in [2.75, 3.05) is 39.9 Å². The molecule has 0 amide bonds. The summed E-state index contributed by atoms with van der Waals surface area (Å²) >= 11 is 0. The van der Waals surface area contributed by atoms with Crippen LogP contribution in [0.3, 0.4) is 0 Å². The third-order valence-corrected chi connectivity index (χ3v) is 4.78. The van der Waals surface area contributed by atoms with Gasteiger partial charge in [-0.05, 0) is 30.2 Å². The Labute approximate surface area is 144 Å². The molecule has 2 aromatic carbocycles. The molecule has 1 fully saturated rings. The van der Waals surface area contributed by atoms with Crippen molar-refractivity contribution in [3.8, 4) is 11.5 Å². The lowest BCUT2D eigenvalue weighted by Crippen LogP contribution is -2.27. The van der Waals surface area contributed by atoms with Gasteiger partial charge in [0.15, 0.2) is 11.5 Å². The summed E-state index contributed by atoms with van der Waals surface area (Å²) < 4.78 is 11.2. The highest BCUT2D eigenvalue weighted by Crippen LogP contribution is 2.32. The third kappa shape index (κ3) is 3.89. The van der Waals surface area contributed by atoms with E-state index in [1.165, 1.54) is 5.56 Å². The van der Waals surface area contributed by atoms with E-state index in [1.54, 1.807) is 7.11 Å². The van der Waals surface area contributed by atoms with Crippen LogP contribution in [0, 0.1) is 5.92 Å². The second-order valence-electron chi connectivity index (χ2n) is 6.27. The number of methoxy groups -OCH3 is 1. The van der Waals surface area contributed by atoms with Crippen molar-refractivity contribution in [2.24, 2.45) is 11.7 Å². The molecular formula is C20H26N2O2. The van der Waals surface area contributed by atoms with Crippen LogP contribution in [0.2, 0.25) is 0 Å². The van der Waals surface area contributed by atoms with E-state index < -0.39 is 0 Å². The number of hydrogen-bond donors (Lipinski definition) is 1. The average molecular weight is 326 g/mol. The van der Waals surface area contributed by atoms with E-state index in [9.17, 15) is 0 Å². The van der Waals surface area contributed by atoms with E-state index in [-0.39, 0.29) is 0 Å². The summed E-state index contributed by atoms with van der Waals surface area (Å²) in [5.41, 5.74) is 7.40. The van der Waals surface area contributed by atoms with Crippen molar-refractivity contribution < 1.29 is 9.47 Å². The van der Waals surface area contributed by atoms with Crippen LogP contribution in [0.5, 0.6) is 11.5 Å². The van der Waals surface area contributed by atoms with Crippen LogP contribution in [-0.2, 0) is 0 Å². The number of nitrogens with zero attached hydrogens (tertiary/aromatic N) is 1. The lowest BCUT2D eigenvalue weighted by Gasteiger charge is -2.17. The van der Waals surface area contributed by atoms with Gasteiger partial charge in [-0.25, -0.2) is 0 Å². The molecule has 1 saturated heterocycles. The summed E-state index contributed by atoms with van der Waals surface area (Å²) in [4.78, 5) is 2.45. The zero-order chi connectivity index (χ0) is 16.8. The molecule has 0 unspecified atom stereocenters. The summed E-state index contributed by atoms with van der Waals surface area (Å²) in [5, 5.41) is 0. The SMILES string of the molecule is COc1ccccc1OCCN1C[C@@H](CN)[C@H](c2ccccc2)C1. The topological polar surface area (TPSA) is 47.7 Å². The fourth-order valence-corrected chi connectivity index (χ4v) is 3.48. The van der Waals surface area contributed by atoms with Gasteiger partial charge in [-0.3, -0.25) is 4.90 Å². The van der Waals surface area contributed by atoms with Crippen LogP contribution >= 0.6 is 0 Å². The number of hydrogen-bond acceptors (Lipinski definition) is 4. The number of rotatable bonds is 7. The Morgan fingerprint density at radius 1 is 1.00 bits per heavy atom. The lowest BCUT2D eigenvalue weighted by molar-refractivity contribution is 0.226. The normalized spacial score (nSPS) is 20.9. The lowest BCUT2D eigenvalue weighted by atomic mass is 9.89. The van der Waals surface area contributed by atoms with E-state index in [0.717, 1.165) is 37.7 Å². The Morgan fingerprint density at radius 3 is 2.42 bits per heavy atom. The number of benzene rings is 2. The van der Waals surface area contributed by atoms with Gasteiger partial charge in [0.25, 0.3) is 0 Å². The molecule has 4 nitrogen and oxygen atoms in total. The summed E-state index contributed by atoms with van der Waals surface area (Å²) in [6, 6.07) is 18.5. The first kappa shape index (κ1) is 16.8. The van der Waals surface area contributed by atoms with E-state index in [1.807, 2.05) is 24.3 Å². The van der Waals surface area contributed by atoms with Crippen LogP contribution in [0.25, 0.3) is 0 Å². The zero-order valence-electron chi connectivity index (χ0n) is 14.2. The molecule has 0 radical (unpaired) electrons. The van der Waals surface area contributed by atoms with Crippen molar-refractivity contribution in [1.82, 2.24) is 4.90 Å². The highest BCUT2D eigenvalue weighted by Gasteiger charge is 2.32. The van der Waals surface area contributed by atoms with Gasteiger partial charge < -0.3 is 15.2 Å². The summed E-state index contributed by atoms with van der Waals surface area (Å²) in [6.07, 6.45) is 0. The van der Waals surface area contributed by atoms with E-state index in [0.29, 0.717) is 18.4 Å². The van der Waals surface area contributed by atoms with Gasteiger partial charge in [-0.2, -0.15) is 0 Å². The minimum absolute atomic E-state index is 0.513. The predicted octanol–water partition coefficient (Wildman–Crippen LogP) is 2.75. The molecule has 3 rings (SSSR count). The van der Waals surface area contributed by atoms with Crippen molar-refractivity contribution in [1.29, 1.82) is 0 Å². The van der Waals surface area contributed by atoms with Gasteiger partial charge in [0.1, 0.15) is 6.61 Å². The maximum Gasteiger partial charge on any atom is 0.161 e. The van der Waals surface area contributed by atoms with E-state index in [2.05, 4.69) is 35.2 Å². The molecule has 128 valence electrons. The van der Waals surface area contributed by atoms with Gasteiger partial charge in [0.2, 0.25) is 0 Å². The van der Waals surface area contributed by atoms with Crippen LogP contribution < -0.4 is 15.2 Å². The molecule has 0 aliphatic carbocycles. The van der Waals surface area contributed by atoms with Crippen molar-refractivity contribution in [3.63, 3.8) is 0 Å². The molecule has 2 aromatic rings. The second-order valence-corrected chi connectivity index (χ2v) is 6.27. The molecule has 1 heterocycles. The zero-order valence-corrected chi connectivity index (χ0v) is 14.2. The Hall–Kier alpha value is -2.04. The Morgan fingerprint density at radius 2 is 1.71 bits per heavy atom. The maximum atomic E-state index is 6.01. The predicted molar refractivity (Wildman–Crippen MR) is 96.7 cm³/mol. The van der Waals surface area contributed by atoms with Crippen molar-refractivity contribution in [3.05, 3.63) is 60.2 Å². The summed E-state index contributed by atoms with van der Waals surface area (Å²) in [6.45, 7) is 4.35. The molecule has 2 atom stereocenters. The second kappa shape index (κ2) is 8.18. The first-order valence-corrected chi connectivity index (χ1v) is 8.55. The molecule has 24 heavy (non-hydrogen) atoms. The first-order chi connectivity index (χ1) is 11.8. The first-order valence-electron chi connectivity index (χ1n) is 8.55. The van der Waals surface area contributed by atoms with Gasteiger partial charge in [-0.1, -0.05) is 42.5 Å². The van der Waals surface area contributed by atoms with Gasteiger partial charge >= 0.3 is 0 Å². The summed E-state index contributed by atoms with van der Waals surface area (Å²) in [5.74, 6) is 2.61. The fraction of sp³-hybridized carbons (Fsp3) is 0.400. The van der Waals surface area contributed by atoms with E-state index in [4.69, 9.17) is 15.2 Å². The minimum atomic E-state index is 0.513. The Bertz CT molecular complexity index is 633. The highest BCUT2D eigenvalue weighted by atomic mass is 16.5.